The summed E-state index contributed by atoms with van der Waals surface area (Å²) in [5.74, 6) is 2.76. The lowest BCUT2D eigenvalue weighted by Gasteiger charge is -2.64. The van der Waals surface area contributed by atoms with Gasteiger partial charge >= 0.3 is 0 Å². The van der Waals surface area contributed by atoms with Gasteiger partial charge in [0.1, 0.15) is 5.75 Å². The molecule has 31 heavy (non-hydrogen) atoms. The number of hydrogen-bond acceptors (Lipinski definition) is 2. The maximum Gasteiger partial charge on any atom is 0.122 e. The fourth-order valence-electron chi connectivity index (χ4n) is 7.85. The third-order valence-electron chi connectivity index (χ3n) is 8.73. The van der Waals surface area contributed by atoms with Crippen LogP contribution in [-0.4, -0.2) is 19.2 Å². The largest absolute Gasteiger partial charge is 0.496 e. The van der Waals surface area contributed by atoms with Crippen molar-refractivity contribution in [2.24, 2.45) is 17.3 Å². The van der Waals surface area contributed by atoms with E-state index in [1.165, 1.54) is 49.7 Å². The molecular formula is C28H36ClNO. The normalized spacial score (nSPS) is 33.3. The lowest BCUT2D eigenvalue weighted by Crippen LogP contribution is -2.60. The Labute approximate surface area is 192 Å². The zero-order valence-corrected chi connectivity index (χ0v) is 19.9. The van der Waals surface area contributed by atoms with Gasteiger partial charge in [0, 0.05) is 17.1 Å². The van der Waals surface area contributed by atoms with Crippen molar-refractivity contribution in [3.63, 3.8) is 0 Å². The van der Waals surface area contributed by atoms with E-state index in [4.69, 9.17) is 16.3 Å². The maximum absolute atomic E-state index is 6.22. The highest BCUT2D eigenvalue weighted by molar-refractivity contribution is 6.30. The first-order valence-electron chi connectivity index (χ1n) is 12.1. The molecule has 1 N–H and O–H groups in total. The van der Waals surface area contributed by atoms with E-state index >= 15 is 0 Å². The van der Waals surface area contributed by atoms with Gasteiger partial charge in [0.2, 0.25) is 0 Å². The Morgan fingerprint density at radius 1 is 1.00 bits per heavy atom. The predicted molar refractivity (Wildman–Crippen MR) is 129 cm³/mol. The first-order valence-corrected chi connectivity index (χ1v) is 12.4. The van der Waals surface area contributed by atoms with Crippen molar-refractivity contribution in [2.75, 3.05) is 7.11 Å². The van der Waals surface area contributed by atoms with Crippen molar-refractivity contribution in [3.8, 4) is 5.75 Å². The first kappa shape index (κ1) is 21.3. The van der Waals surface area contributed by atoms with Crippen LogP contribution in [0.15, 0.2) is 48.5 Å². The molecule has 0 spiro atoms. The Morgan fingerprint density at radius 3 is 2.35 bits per heavy atom. The molecule has 3 heteroatoms. The third-order valence-corrected chi connectivity index (χ3v) is 8.99. The highest BCUT2D eigenvalue weighted by Gasteiger charge is 2.59. The fourth-order valence-corrected chi connectivity index (χ4v) is 7.97. The smallest absolute Gasteiger partial charge is 0.122 e. The molecule has 4 saturated carbocycles. The van der Waals surface area contributed by atoms with E-state index in [0.717, 1.165) is 29.0 Å². The van der Waals surface area contributed by atoms with Crippen LogP contribution in [0.3, 0.4) is 0 Å². The van der Waals surface area contributed by atoms with Crippen LogP contribution in [0.2, 0.25) is 5.02 Å². The van der Waals surface area contributed by atoms with Gasteiger partial charge in [-0.05, 0) is 111 Å². The quantitative estimate of drug-likeness (QED) is 0.514. The summed E-state index contributed by atoms with van der Waals surface area (Å²) in [7, 11) is 1.77. The summed E-state index contributed by atoms with van der Waals surface area (Å²) < 4.78 is 5.58. The van der Waals surface area contributed by atoms with Crippen LogP contribution in [-0.2, 0) is 11.8 Å². The molecule has 0 aromatic heterocycles. The average Bonchev–Trinajstić information content (AvgIpc) is 2.73. The molecule has 0 heterocycles. The Morgan fingerprint density at radius 2 is 1.68 bits per heavy atom. The molecule has 4 bridgehead atoms. The lowest BCUT2D eigenvalue weighted by molar-refractivity contribution is -0.0893. The predicted octanol–water partition coefficient (Wildman–Crippen LogP) is 6.80. The molecule has 2 aromatic rings. The summed E-state index contributed by atoms with van der Waals surface area (Å²) in [6.07, 6.45) is 9.31. The minimum Gasteiger partial charge on any atom is -0.496 e. The van der Waals surface area contributed by atoms with Crippen molar-refractivity contribution in [2.45, 2.75) is 76.3 Å². The molecule has 2 aromatic carbocycles. The van der Waals surface area contributed by atoms with Gasteiger partial charge in [-0.15, -0.1) is 0 Å². The Kier molecular flexibility index (Phi) is 5.59. The van der Waals surface area contributed by atoms with E-state index < -0.39 is 0 Å². The average molecular weight is 438 g/mol. The first-order chi connectivity index (χ1) is 14.9. The van der Waals surface area contributed by atoms with E-state index in [-0.39, 0.29) is 0 Å². The highest BCUT2D eigenvalue weighted by Crippen LogP contribution is 2.66. The second-order valence-electron chi connectivity index (χ2n) is 10.9. The van der Waals surface area contributed by atoms with E-state index in [1.54, 1.807) is 7.11 Å². The van der Waals surface area contributed by atoms with Gasteiger partial charge in [-0.3, -0.25) is 0 Å². The Balaban J connectivity index is 1.35. The standard InChI is InChI=1S/C28H36ClNO/c1-19(12-23-6-4-5-7-26(23)31-3)30-20(2)27-14-21-13-22(15-27)17-28(16-21,18-27)24-8-10-25(29)11-9-24/h4-11,19-22,30H,12-18H2,1-3H3/t19-,20+,21+,22+,27?,28?/m0/s1. The van der Waals surface area contributed by atoms with Gasteiger partial charge in [-0.1, -0.05) is 41.9 Å². The van der Waals surface area contributed by atoms with Crippen molar-refractivity contribution in [3.05, 3.63) is 64.7 Å². The summed E-state index contributed by atoms with van der Waals surface area (Å²) in [4.78, 5) is 0. The zero-order chi connectivity index (χ0) is 21.6. The number of methoxy groups -OCH3 is 1. The fraction of sp³-hybridized carbons (Fsp3) is 0.571. The summed E-state index contributed by atoms with van der Waals surface area (Å²) >= 11 is 6.22. The van der Waals surface area contributed by atoms with Gasteiger partial charge in [0.25, 0.3) is 0 Å². The molecule has 4 atom stereocenters. The summed E-state index contributed by atoms with van der Waals surface area (Å²) in [5, 5.41) is 4.89. The van der Waals surface area contributed by atoms with Crippen molar-refractivity contribution in [1.29, 1.82) is 0 Å². The van der Waals surface area contributed by atoms with E-state index in [0.29, 0.717) is 22.9 Å². The van der Waals surface area contributed by atoms with Crippen LogP contribution in [0.5, 0.6) is 5.75 Å². The van der Waals surface area contributed by atoms with Gasteiger partial charge in [0.15, 0.2) is 0 Å². The molecule has 4 aliphatic rings. The molecule has 6 rings (SSSR count). The van der Waals surface area contributed by atoms with E-state index in [9.17, 15) is 0 Å². The van der Waals surface area contributed by atoms with Crippen LogP contribution < -0.4 is 10.1 Å². The molecular weight excluding hydrogens is 402 g/mol. The van der Waals surface area contributed by atoms with Crippen molar-refractivity contribution in [1.82, 2.24) is 5.32 Å². The second kappa shape index (κ2) is 8.12. The maximum atomic E-state index is 6.22. The molecule has 0 radical (unpaired) electrons. The van der Waals surface area contributed by atoms with E-state index in [2.05, 4.69) is 67.7 Å². The minimum atomic E-state index is 0.358. The molecule has 166 valence electrons. The molecule has 0 amide bonds. The van der Waals surface area contributed by atoms with Crippen LogP contribution in [0, 0.1) is 17.3 Å². The molecule has 0 saturated heterocycles. The SMILES string of the molecule is COc1ccccc1C[C@H](C)N[C@H](C)C12C[C@H]3C[C@@H](CC(c4ccc(Cl)cc4)(C3)C1)C2. The van der Waals surface area contributed by atoms with Crippen LogP contribution in [0.1, 0.15) is 63.5 Å². The van der Waals surface area contributed by atoms with Crippen molar-refractivity contribution < 1.29 is 4.74 Å². The summed E-state index contributed by atoms with van der Waals surface area (Å²) in [6.45, 7) is 4.79. The van der Waals surface area contributed by atoms with Gasteiger partial charge in [-0.2, -0.15) is 0 Å². The summed E-state index contributed by atoms with van der Waals surface area (Å²) in [5.41, 5.74) is 3.60. The van der Waals surface area contributed by atoms with Crippen molar-refractivity contribution >= 4 is 11.6 Å². The Bertz CT molecular complexity index is 909. The molecule has 4 aliphatic carbocycles. The topological polar surface area (TPSA) is 21.3 Å². The molecule has 0 unspecified atom stereocenters. The minimum absolute atomic E-state index is 0.358. The lowest BCUT2D eigenvalue weighted by atomic mass is 9.41. The molecule has 2 nitrogen and oxygen atoms in total. The van der Waals surface area contributed by atoms with Gasteiger partial charge < -0.3 is 10.1 Å². The highest BCUT2D eigenvalue weighted by atomic mass is 35.5. The van der Waals surface area contributed by atoms with Gasteiger partial charge in [0.05, 0.1) is 7.11 Å². The van der Waals surface area contributed by atoms with Crippen LogP contribution in [0.4, 0.5) is 0 Å². The van der Waals surface area contributed by atoms with Crippen LogP contribution in [0.25, 0.3) is 0 Å². The van der Waals surface area contributed by atoms with E-state index in [1.807, 2.05) is 0 Å². The number of benzene rings is 2. The molecule has 0 aliphatic heterocycles. The second-order valence-corrected chi connectivity index (χ2v) is 11.4. The zero-order valence-electron chi connectivity index (χ0n) is 19.2. The molecule has 4 fully saturated rings. The monoisotopic (exact) mass is 437 g/mol. The Hall–Kier alpha value is -1.51. The number of ether oxygens (including phenoxy) is 1. The number of halogens is 1. The van der Waals surface area contributed by atoms with Gasteiger partial charge in [-0.25, -0.2) is 0 Å². The third kappa shape index (κ3) is 3.91. The number of hydrogen-bond donors (Lipinski definition) is 1. The van der Waals surface area contributed by atoms with Crippen LogP contribution >= 0.6 is 11.6 Å². The summed E-state index contributed by atoms with van der Waals surface area (Å²) in [6, 6.07) is 18.2. The number of nitrogens with one attached hydrogen (secondary N) is 1. The number of rotatable bonds is 7. The number of para-hydroxylation sites is 1.